The summed E-state index contributed by atoms with van der Waals surface area (Å²) in [5, 5.41) is 32.1. The van der Waals surface area contributed by atoms with Crippen molar-refractivity contribution in [1.82, 2.24) is 5.32 Å². The number of rotatable bonds is 7. The van der Waals surface area contributed by atoms with E-state index in [9.17, 15) is 15.0 Å². The van der Waals surface area contributed by atoms with Gasteiger partial charge >= 0.3 is 5.97 Å². The van der Waals surface area contributed by atoms with Crippen molar-refractivity contribution in [2.75, 3.05) is 13.6 Å². The van der Waals surface area contributed by atoms with Crippen LogP contribution in [0, 0.1) is 0 Å². The zero-order chi connectivity index (χ0) is 14.4. The van der Waals surface area contributed by atoms with Gasteiger partial charge in [0.1, 0.15) is 6.10 Å². The van der Waals surface area contributed by atoms with Crippen molar-refractivity contribution in [1.29, 1.82) is 0 Å². The number of aliphatic hydroxyl groups is 2. The molecule has 0 spiro atoms. The fourth-order valence-corrected chi connectivity index (χ4v) is 2.00. The first-order chi connectivity index (χ1) is 8.95. The second-order valence-corrected chi connectivity index (χ2v) is 4.75. The largest absolute Gasteiger partial charge is 0.481 e. The van der Waals surface area contributed by atoms with E-state index in [1.54, 1.807) is 19.2 Å². The molecule has 0 saturated carbocycles. The van der Waals surface area contributed by atoms with Crippen molar-refractivity contribution in [3.8, 4) is 0 Å². The number of halogens is 1. The number of carboxylic acid groups (broad SMARTS) is 1. The third kappa shape index (κ3) is 4.80. The van der Waals surface area contributed by atoms with Gasteiger partial charge in [-0.2, -0.15) is 0 Å². The summed E-state index contributed by atoms with van der Waals surface area (Å²) >= 11 is 5.85. The number of carboxylic acids is 1. The number of hydrogen-bond donors (Lipinski definition) is 4. The molecule has 0 aliphatic carbocycles. The monoisotopic (exact) mass is 287 g/mol. The maximum Gasteiger partial charge on any atom is 0.307 e. The fourth-order valence-electron chi connectivity index (χ4n) is 1.82. The molecular weight excluding hydrogens is 270 g/mol. The Morgan fingerprint density at radius 1 is 1.42 bits per heavy atom. The molecule has 4 N–H and O–H groups in total. The molecule has 5 nitrogen and oxygen atoms in total. The van der Waals surface area contributed by atoms with Gasteiger partial charge in [0.05, 0.1) is 12.5 Å². The Kier molecular flexibility index (Phi) is 6.24. The predicted molar refractivity (Wildman–Crippen MR) is 72.3 cm³/mol. The average molecular weight is 288 g/mol. The Balaban J connectivity index is 2.95. The molecule has 0 bridgehead atoms. The molecule has 0 aliphatic rings. The fraction of sp³-hybridized carbons (Fsp3) is 0.462. The summed E-state index contributed by atoms with van der Waals surface area (Å²) in [6.45, 7) is 0.549. The van der Waals surface area contributed by atoms with E-state index in [2.05, 4.69) is 5.32 Å². The third-order valence-corrected chi connectivity index (χ3v) is 3.06. The van der Waals surface area contributed by atoms with Gasteiger partial charge in [-0.1, -0.05) is 17.7 Å². The van der Waals surface area contributed by atoms with Crippen LogP contribution in [0.15, 0.2) is 18.2 Å². The van der Waals surface area contributed by atoms with Gasteiger partial charge in [0, 0.05) is 5.02 Å². The van der Waals surface area contributed by atoms with Crippen molar-refractivity contribution < 1.29 is 20.1 Å². The Labute approximate surface area is 116 Å². The summed E-state index contributed by atoms with van der Waals surface area (Å²) in [7, 11) is 1.74. The maximum atomic E-state index is 10.8. The lowest BCUT2D eigenvalue weighted by molar-refractivity contribution is -0.136. The van der Waals surface area contributed by atoms with E-state index in [4.69, 9.17) is 16.7 Å². The third-order valence-electron chi connectivity index (χ3n) is 2.82. The van der Waals surface area contributed by atoms with Crippen LogP contribution in [0.3, 0.4) is 0 Å². The van der Waals surface area contributed by atoms with Crippen LogP contribution in [0.5, 0.6) is 0 Å². The van der Waals surface area contributed by atoms with Crippen molar-refractivity contribution in [3.05, 3.63) is 34.3 Å². The first-order valence-electron chi connectivity index (χ1n) is 5.96. The zero-order valence-corrected chi connectivity index (χ0v) is 11.4. The van der Waals surface area contributed by atoms with Gasteiger partial charge in [-0.25, -0.2) is 0 Å². The molecule has 0 aliphatic heterocycles. The highest BCUT2D eigenvalue weighted by Crippen LogP contribution is 2.26. The molecule has 0 saturated heterocycles. The normalized spacial score (nSPS) is 14.1. The standard InChI is InChI=1S/C13H18ClNO4/c1-15-5-4-11(16)13(19)10-7-9(14)3-2-8(10)6-12(17)18/h2-3,7,11,13,15-16,19H,4-6H2,1H3,(H,17,18). The lowest BCUT2D eigenvalue weighted by Crippen LogP contribution is -2.24. The number of nitrogens with one attached hydrogen (secondary N) is 1. The lowest BCUT2D eigenvalue weighted by atomic mass is 9.95. The Morgan fingerprint density at radius 3 is 2.68 bits per heavy atom. The summed E-state index contributed by atoms with van der Waals surface area (Å²) in [6, 6.07) is 4.61. The molecule has 2 unspecified atom stereocenters. The van der Waals surface area contributed by atoms with Crippen LogP contribution in [-0.4, -0.2) is 41.0 Å². The van der Waals surface area contributed by atoms with Gasteiger partial charge in [-0.15, -0.1) is 0 Å². The van der Waals surface area contributed by atoms with Crippen LogP contribution in [-0.2, 0) is 11.2 Å². The molecule has 106 valence electrons. The summed E-state index contributed by atoms with van der Waals surface area (Å²) in [6.07, 6.45) is -1.99. The number of aliphatic carboxylic acids is 1. The molecule has 1 rings (SSSR count). The van der Waals surface area contributed by atoms with Gasteiger partial charge in [0.15, 0.2) is 0 Å². The minimum atomic E-state index is -1.15. The molecule has 1 aromatic carbocycles. The number of aliphatic hydroxyl groups excluding tert-OH is 2. The Morgan fingerprint density at radius 2 is 2.11 bits per heavy atom. The number of hydrogen-bond acceptors (Lipinski definition) is 4. The SMILES string of the molecule is CNCCC(O)C(O)c1cc(Cl)ccc1CC(=O)O. The quantitative estimate of drug-likeness (QED) is 0.600. The van der Waals surface area contributed by atoms with Crippen LogP contribution in [0.4, 0.5) is 0 Å². The van der Waals surface area contributed by atoms with E-state index in [0.717, 1.165) is 0 Å². The molecule has 0 aromatic heterocycles. The van der Waals surface area contributed by atoms with Crippen molar-refractivity contribution >= 4 is 17.6 Å². The summed E-state index contributed by atoms with van der Waals surface area (Å²) in [4.78, 5) is 10.8. The van der Waals surface area contributed by atoms with E-state index >= 15 is 0 Å². The van der Waals surface area contributed by atoms with E-state index < -0.39 is 18.2 Å². The zero-order valence-electron chi connectivity index (χ0n) is 10.6. The Hall–Kier alpha value is -1.14. The second-order valence-electron chi connectivity index (χ2n) is 4.32. The molecule has 2 atom stereocenters. The van der Waals surface area contributed by atoms with E-state index in [-0.39, 0.29) is 6.42 Å². The second kappa shape index (κ2) is 7.45. The van der Waals surface area contributed by atoms with E-state index in [0.29, 0.717) is 29.1 Å². The minimum absolute atomic E-state index is 0.220. The van der Waals surface area contributed by atoms with Gasteiger partial charge in [-0.3, -0.25) is 4.79 Å². The van der Waals surface area contributed by atoms with E-state index in [1.807, 2.05) is 0 Å². The van der Waals surface area contributed by atoms with Crippen molar-refractivity contribution in [2.45, 2.75) is 25.0 Å². The van der Waals surface area contributed by atoms with Gasteiger partial charge in [0.2, 0.25) is 0 Å². The molecule has 0 amide bonds. The van der Waals surface area contributed by atoms with Crippen LogP contribution in [0.25, 0.3) is 0 Å². The van der Waals surface area contributed by atoms with Crippen LogP contribution >= 0.6 is 11.6 Å². The van der Waals surface area contributed by atoms with Crippen molar-refractivity contribution in [2.24, 2.45) is 0 Å². The molecule has 6 heteroatoms. The van der Waals surface area contributed by atoms with Crippen LogP contribution in [0.1, 0.15) is 23.7 Å². The molecule has 1 aromatic rings. The summed E-state index contributed by atoms with van der Waals surface area (Å²) < 4.78 is 0. The van der Waals surface area contributed by atoms with E-state index in [1.165, 1.54) is 6.07 Å². The first kappa shape index (κ1) is 15.9. The number of benzene rings is 1. The molecule has 0 radical (unpaired) electrons. The molecule has 0 heterocycles. The smallest absolute Gasteiger partial charge is 0.307 e. The highest BCUT2D eigenvalue weighted by Gasteiger charge is 2.21. The highest BCUT2D eigenvalue weighted by molar-refractivity contribution is 6.30. The molecular formula is C13H18ClNO4. The number of carbonyl (C=O) groups is 1. The lowest BCUT2D eigenvalue weighted by Gasteiger charge is -2.20. The van der Waals surface area contributed by atoms with Crippen LogP contribution in [0.2, 0.25) is 5.02 Å². The van der Waals surface area contributed by atoms with Gasteiger partial charge in [-0.05, 0) is 43.3 Å². The maximum absolute atomic E-state index is 10.8. The molecule has 19 heavy (non-hydrogen) atoms. The summed E-state index contributed by atoms with van der Waals surface area (Å²) in [5.41, 5.74) is 0.811. The van der Waals surface area contributed by atoms with Gasteiger partial charge in [0.25, 0.3) is 0 Å². The van der Waals surface area contributed by atoms with Gasteiger partial charge < -0.3 is 20.6 Å². The highest BCUT2D eigenvalue weighted by atomic mass is 35.5. The topological polar surface area (TPSA) is 89.8 Å². The predicted octanol–water partition coefficient (Wildman–Crippen LogP) is 0.971. The summed E-state index contributed by atoms with van der Waals surface area (Å²) in [5.74, 6) is -1.000. The first-order valence-corrected chi connectivity index (χ1v) is 6.34. The minimum Gasteiger partial charge on any atom is -0.481 e. The molecule has 0 fully saturated rings. The average Bonchev–Trinajstić information content (AvgIpc) is 2.36. The Bertz CT molecular complexity index is 439. The van der Waals surface area contributed by atoms with Crippen LogP contribution < -0.4 is 5.32 Å². The van der Waals surface area contributed by atoms with Crippen molar-refractivity contribution in [3.63, 3.8) is 0 Å².